The van der Waals surface area contributed by atoms with Crippen LogP contribution in [0.15, 0.2) is 24.3 Å². The monoisotopic (exact) mass is 277 g/mol. The molecule has 1 fully saturated rings. The Morgan fingerprint density at radius 2 is 2.05 bits per heavy atom. The van der Waals surface area contributed by atoms with Gasteiger partial charge in [0, 0.05) is 18.7 Å². The SMILES string of the molecule is CCOc1ccccc1C(O)CN(CC)CC1CCC1. The van der Waals surface area contributed by atoms with Crippen molar-refractivity contribution < 1.29 is 9.84 Å². The van der Waals surface area contributed by atoms with Gasteiger partial charge in [0.25, 0.3) is 0 Å². The van der Waals surface area contributed by atoms with Crippen LogP contribution in [0.2, 0.25) is 0 Å². The molecule has 0 saturated heterocycles. The number of para-hydroxylation sites is 1. The molecule has 1 aliphatic rings. The summed E-state index contributed by atoms with van der Waals surface area (Å²) < 4.78 is 5.61. The van der Waals surface area contributed by atoms with E-state index in [1.165, 1.54) is 19.3 Å². The summed E-state index contributed by atoms with van der Waals surface area (Å²) in [4.78, 5) is 2.36. The Morgan fingerprint density at radius 3 is 2.65 bits per heavy atom. The van der Waals surface area contributed by atoms with Gasteiger partial charge in [0.2, 0.25) is 0 Å². The molecule has 1 N–H and O–H groups in total. The fourth-order valence-electron chi connectivity index (χ4n) is 2.76. The second-order valence-electron chi connectivity index (χ2n) is 5.64. The molecule has 3 heteroatoms. The van der Waals surface area contributed by atoms with Crippen molar-refractivity contribution in [2.24, 2.45) is 5.92 Å². The molecular weight excluding hydrogens is 250 g/mol. The minimum atomic E-state index is -0.474. The molecule has 0 heterocycles. The van der Waals surface area contributed by atoms with Gasteiger partial charge in [-0.2, -0.15) is 0 Å². The average molecular weight is 277 g/mol. The molecule has 1 saturated carbocycles. The van der Waals surface area contributed by atoms with Crippen molar-refractivity contribution in [1.29, 1.82) is 0 Å². The van der Waals surface area contributed by atoms with Crippen LogP contribution in [0.25, 0.3) is 0 Å². The maximum Gasteiger partial charge on any atom is 0.125 e. The van der Waals surface area contributed by atoms with Crippen molar-refractivity contribution in [2.45, 2.75) is 39.2 Å². The summed E-state index contributed by atoms with van der Waals surface area (Å²) in [5.74, 6) is 1.64. The van der Waals surface area contributed by atoms with Crippen LogP contribution in [-0.4, -0.2) is 36.2 Å². The van der Waals surface area contributed by atoms with Crippen LogP contribution >= 0.6 is 0 Å². The highest BCUT2D eigenvalue weighted by molar-refractivity contribution is 5.35. The Kier molecular flexibility index (Phi) is 5.86. The van der Waals surface area contributed by atoms with E-state index in [0.29, 0.717) is 13.2 Å². The maximum absolute atomic E-state index is 10.5. The lowest BCUT2D eigenvalue weighted by Gasteiger charge is -2.33. The zero-order valence-corrected chi connectivity index (χ0v) is 12.7. The molecule has 0 amide bonds. The van der Waals surface area contributed by atoms with Crippen LogP contribution in [0.3, 0.4) is 0 Å². The van der Waals surface area contributed by atoms with Gasteiger partial charge in [-0.3, -0.25) is 0 Å². The topological polar surface area (TPSA) is 32.7 Å². The number of ether oxygens (including phenoxy) is 1. The lowest BCUT2D eigenvalue weighted by molar-refractivity contribution is 0.0919. The molecule has 2 rings (SSSR count). The molecular formula is C17H27NO2. The van der Waals surface area contributed by atoms with Crippen molar-refractivity contribution in [1.82, 2.24) is 4.90 Å². The van der Waals surface area contributed by atoms with Gasteiger partial charge in [-0.25, -0.2) is 0 Å². The molecule has 1 atom stereocenters. The predicted octanol–water partition coefficient (Wildman–Crippen LogP) is 3.24. The van der Waals surface area contributed by atoms with Crippen LogP contribution in [0.5, 0.6) is 5.75 Å². The second kappa shape index (κ2) is 7.65. The van der Waals surface area contributed by atoms with E-state index < -0.39 is 6.10 Å². The van der Waals surface area contributed by atoms with Gasteiger partial charge < -0.3 is 14.7 Å². The van der Waals surface area contributed by atoms with Gasteiger partial charge in [-0.15, -0.1) is 0 Å². The first-order valence-corrected chi connectivity index (χ1v) is 7.86. The van der Waals surface area contributed by atoms with E-state index in [1.807, 2.05) is 31.2 Å². The summed E-state index contributed by atoms with van der Waals surface area (Å²) >= 11 is 0. The quantitative estimate of drug-likeness (QED) is 0.792. The molecule has 1 aromatic rings. The second-order valence-corrected chi connectivity index (χ2v) is 5.64. The average Bonchev–Trinajstić information content (AvgIpc) is 2.42. The van der Waals surface area contributed by atoms with Crippen molar-refractivity contribution in [2.75, 3.05) is 26.2 Å². The first-order chi connectivity index (χ1) is 9.74. The van der Waals surface area contributed by atoms with E-state index in [4.69, 9.17) is 4.74 Å². The third-order valence-electron chi connectivity index (χ3n) is 4.20. The Bertz CT molecular complexity index is 404. The molecule has 20 heavy (non-hydrogen) atoms. The Labute approximate surface area is 122 Å². The van der Waals surface area contributed by atoms with Crippen molar-refractivity contribution in [3.8, 4) is 5.75 Å². The van der Waals surface area contributed by atoms with Gasteiger partial charge in [0.15, 0.2) is 0 Å². The van der Waals surface area contributed by atoms with E-state index in [9.17, 15) is 5.11 Å². The first-order valence-electron chi connectivity index (χ1n) is 7.86. The third kappa shape index (κ3) is 3.97. The van der Waals surface area contributed by atoms with Crippen LogP contribution in [0, 0.1) is 5.92 Å². The summed E-state index contributed by atoms with van der Waals surface area (Å²) in [6.07, 6.45) is 3.60. The van der Waals surface area contributed by atoms with Crippen molar-refractivity contribution in [3.05, 3.63) is 29.8 Å². The van der Waals surface area contributed by atoms with Crippen LogP contribution < -0.4 is 4.74 Å². The summed E-state index contributed by atoms with van der Waals surface area (Å²) in [5, 5.41) is 10.5. The normalized spacial score (nSPS) is 17.0. The van der Waals surface area contributed by atoms with Crippen molar-refractivity contribution in [3.63, 3.8) is 0 Å². The lowest BCUT2D eigenvalue weighted by Crippen LogP contribution is -2.35. The standard InChI is InChI=1S/C17H27NO2/c1-3-18(12-14-8-7-9-14)13-16(19)15-10-5-6-11-17(15)20-4-2/h5-6,10-11,14,16,19H,3-4,7-9,12-13H2,1-2H3. The number of rotatable bonds is 8. The fourth-order valence-corrected chi connectivity index (χ4v) is 2.76. The minimum Gasteiger partial charge on any atom is -0.493 e. The van der Waals surface area contributed by atoms with Crippen LogP contribution in [-0.2, 0) is 0 Å². The highest BCUT2D eigenvalue weighted by Crippen LogP contribution is 2.29. The predicted molar refractivity (Wildman–Crippen MR) is 82.0 cm³/mol. The molecule has 1 aliphatic carbocycles. The van der Waals surface area contributed by atoms with Gasteiger partial charge in [0.05, 0.1) is 12.7 Å². The van der Waals surface area contributed by atoms with E-state index >= 15 is 0 Å². The van der Waals surface area contributed by atoms with E-state index in [0.717, 1.165) is 30.3 Å². The summed E-state index contributed by atoms with van der Waals surface area (Å²) in [6.45, 7) is 7.56. The lowest BCUT2D eigenvalue weighted by atomic mass is 9.85. The Hall–Kier alpha value is -1.06. The summed E-state index contributed by atoms with van der Waals surface area (Å²) in [7, 11) is 0. The van der Waals surface area contributed by atoms with Gasteiger partial charge in [-0.1, -0.05) is 31.5 Å². The molecule has 0 bridgehead atoms. The summed E-state index contributed by atoms with van der Waals surface area (Å²) in [5.41, 5.74) is 0.904. The van der Waals surface area contributed by atoms with Gasteiger partial charge in [0.1, 0.15) is 5.75 Å². The smallest absolute Gasteiger partial charge is 0.125 e. The number of likely N-dealkylation sites (N-methyl/N-ethyl adjacent to an activating group) is 1. The van der Waals surface area contributed by atoms with Gasteiger partial charge in [-0.05, 0) is 38.3 Å². The Morgan fingerprint density at radius 1 is 1.30 bits per heavy atom. The molecule has 0 aliphatic heterocycles. The number of nitrogens with zero attached hydrogens (tertiary/aromatic N) is 1. The largest absolute Gasteiger partial charge is 0.493 e. The minimum absolute atomic E-state index is 0.474. The molecule has 0 radical (unpaired) electrons. The maximum atomic E-state index is 10.5. The fraction of sp³-hybridized carbons (Fsp3) is 0.647. The highest BCUT2D eigenvalue weighted by atomic mass is 16.5. The molecule has 112 valence electrons. The number of hydrogen-bond donors (Lipinski definition) is 1. The molecule has 0 aromatic heterocycles. The van der Waals surface area contributed by atoms with E-state index in [-0.39, 0.29) is 0 Å². The zero-order chi connectivity index (χ0) is 14.4. The zero-order valence-electron chi connectivity index (χ0n) is 12.7. The number of aliphatic hydroxyl groups is 1. The molecule has 1 aromatic carbocycles. The number of hydrogen-bond acceptors (Lipinski definition) is 3. The van der Waals surface area contributed by atoms with Gasteiger partial charge >= 0.3 is 0 Å². The third-order valence-corrected chi connectivity index (χ3v) is 4.20. The first kappa shape index (κ1) is 15.3. The Balaban J connectivity index is 1.96. The highest BCUT2D eigenvalue weighted by Gasteiger charge is 2.22. The number of aliphatic hydroxyl groups excluding tert-OH is 1. The van der Waals surface area contributed by atoms with E-state index in [2.05, 4.69) is 11.8 Å². The summed E-state index contributed by atoms with van der Waals surface area (Å²) in [6, 6.07) is 7.81. The molecule has 0 spiro atoms. The number of benzene rings is 1. The van der Waals surface area contributed by atoms with Crippen LogP contribution in [0.4, 0.5) is 0 Å². The van der Waals surface area contributed by atoms with Crippen molar-refractivity contribution >= 4 is 0 Å². The van der Waals surface area contributed by atoms with Crippen LogP contribution in [0.1, 0.15) is 44.8 Å². The molecule has 1 unspecified atom stereocenters. The van der Waals surface area contributed by atoms with E-state index in [1.54, 1.807) is 0 Å². The molecule has 3 nitrogen and oxygen atoms in total.